The quantitative estimate of drug-likeness (QED) is 0.595. The molecular weight excluding hydrogens is 387 g/mol. The first-order chi connectivity index (χ1) is 14.1. The van der Waals surface area contributed by atoms with Gasteiger partial charge in [0.2, 0.25) is 0 Å². The number of nitrogens with zero attached hydrogens (tertiary/aromatic N) is 1. The summed E-state index contributed by atoms with van der Waals surface area (Å²) in [5.74, 6) is -1.04. The van der Waals surface area contributed by atoms with E-state index in [2.05, 4.69) is 15.5 Å². The van der Waals surface area contributed by atoms with Gasteiger partial charge in [0, 0.05) is 18.2 Å². The third-order valence-electron chi connectivity index (χ3n) is 5.11. The number of methoxy groups -OCH3 is 1. The molecule has 8 heteroatoms. The molecule has 2 aromatic carbocycles. The van der Waals surface area contributed by atoms with Crippen LogP contribution in [0.1, 0.15) is 35.3 Å². The SMILES string of the molecule is COC(C)(C)c1ccc(C(=O)Nc2c(F)ccc(-c3cc(N)c(=O)[nH]n3)c2C)cc1. The minimum Gasteiger partial charge on any atom is -0.394 e. The second-order valence-electron chi connectivity index (χ2n) is 7.38. The summed E-state index contributed by atoms with van der Waals surface area (Å²) < 4.78 is 19.9. The summed E-state index contributed by atoms with van der Waals surface area (Å²) in [7, 11) is 1.62. The fourth-order valence-corrected chi connectivity index (χ4v) is 2.99. The molecular formula is C22H23FN4O3. The van der Waals surface area contributed by atoms with Crippen molar-refractivity contribution in [1.82, 2.24) is 10.2 Å². The molecule has 0 bridgehead atoms. The summed E-state index contributed by atoms with van der Waals surface area (Å²) in [6, 6.07) is 11.1. The third kappa shape index (κ3) is 4.08. The van der Waals surface area contributed by atoms with Crippen molar-refractivity contribution < 1.29 is 13.9 Å². The van der Waals surface area contributed by atoms with Crippen molar-refractivity contribution in [3.63, 3.8) is 0 Å². The summed E-state index contributed by atoms with van der Waals surface area (Å²) >= 11 is 0. The molecule has 3 aromatic rings. The van der Waals surface area contributed by atoms with Crippen LogP contribution in [0.2, 0.25) is 0 Å². The number of amides is 1. The number of carbonyl (C=O) groups is 1. The van der Waals surface area contributed by atoms with Gasteiger partial charge in [-0.25, -0.2) is 9.49 Å². The van der Waals surface area contributed by atoms with Crippen LogP contribution in [0.15, 0.2) is 47.3 Å². The molecule has 3 rings (SSSR count). The molecule has 0 saturated heterocycles. The van der Waals surface area contributed by atoms with Gasteiger partial charge in [0.15, 0.2) is 0 Å². The fraction of sp³-hybridized carbons (Fsp3) is 0.227. The lowest BCUT2D eigenvalue weighted by molar-refractivity contribution is 0.0192. The highest BCUT2D eigenvalue weighted by atomic mass is 19.1. The maximum absolute atomic E-state index is 14.5. The van der Waals surface area contributed by atoms with Crippen LogP contribution in [-0.2, 0) is 10.3 Å². The van der Waals surface area contributed by atoms with Crippen molar-refractivity contribution in [2.24, 2.45) is 0 Å². The normalized spacial score (nSPS) is 11.4. The van der Waals surface area contributed by atoms with Gasteiger partial charge in [-0.1, -0.05) is 12.1 Å². The van der Waals surface area contributed by atoms with Gasteiger partial charge in [-0.3, -0.25) is 9.59 Å². The van der Waals surface area contributed by atoms with Crippen molar-refractivity contribution in [3.8, 4) is 11.3 Å². The number of ether oxygens (including phenoxy) is 1. The van der Waals surface area contributed by atoms with Crippen molar-refractivity contribution >= 4 is 17.3 Å². The lowest BCUT2D eigenvalue weighted by Gasteiger charge is -2.23. The molecule has 156 valence electrons. The van der Waals surface area contributed by atoms with E-state index < -0.39 is 22.9 Å². The van der Waals surface area contributed by atoms with Crippen molar-refractivity contribution in [3.05, 3.63) is 75.3 Å². The zero-order valence-electron chi connectivity index (χ0n) is 17.2. The summed E-state index contributed by atoms with van der Waals surface area (Å²) in [5, 5.41) is 8.88. The number of aromatic amines is 1. The Labute approximate surface area is 173 Å². The van der Waals surface area contributed by atoms with Crippen molar-refractivity contribution in [1.29, 1.82) is 0 Å². The highest BCUT2D eigenvalue weighted by Crippen LogP contribution is 2.30. The van der Waals surface area contributed by atoms with Crippen LogP contribution in [0.4, 0.5) is 15.8 Å². The first-order valence-corrected chi connectivity index (χ1v) is 9.25. The molecule has 1 heterocycles. The van der Waals surface area contributed by atoms with E-state index in [9.17, 15) is 14.0 Å². The fourth-order valence-electron chi connectivity index (χ4n) is 2.99. The Balaban J connectivity index is 1.92. The van der Waals surface area contributed by atoms with E-state index in [1.54, 1.807) is 38.3 Å². The largest absolute Gasteiger partial charge is 0.394 e. The van der Waals surface area contributed by atoms with Crippen LogP contribution in [-0.4, -0.2) is 23.2 Å². The van der Waals surface area contributed by atoms with Gasteiger partial charge in [0.05, 0.1) is 17.0 Å². The molecule has 0 unspecified atom stereocenters. The van der Waals surface area contributed by atoms with Gasteiger partial charge < -0.3 is 15.8 Å². The number of benzene rings is 2. The second-order valence-corrected chi connectivity index (χ2v) is 7.38. The van der Waals surface area contributed by atoms with Crippen LogP contribution >= 0.6 is 0 Å². The van der Waals surface area contributed by atoms with Gasteiger partial charge in [0.25, 0.3) is 11.5 Å². The predicted octanol–water partition coefficient (Wildman–Crippen LogP) is 3.60. The van der Waals surface area contributed by atoms with Crippen LogP contribution in [0.3, 0.4) is 0 Å². The van der Waals surface area contributed by atoms with Gasteiger partial charge in [0.1, 0.15) is 11.5 Å². The number of aromatic nitrogens is 2. The van der Waals surface area contributed by atoms with E-state index in [0.717, 1.165) is 5.56 Å². The zero-order chi connectivity index (χ0) is 22.1. The van der Waals surface area contributed by atoms with Gasteiger partial charge in [-0.05, 0) is 62.2 Å². The number of nitrogen functional groups attached to an aromatic ring is 1. The molecule has 0 spiro atoms. The molecule has 7 nitrogen and oxygen atoms in total. The molecule has 0 aliphatic carbocycles. The van der Waals surface area contributed by atoms with Gasteiger partial charge in [-0.15, -0.1) is 0 Å². The maximum atomic E-state index is 14.5. The number of rotatable bonds is 5. The minimum atomic E-state index is -0.584. The smallest absolute Gasteiger partial charge is 0.287 e. The first-order valence-electron chi connectivity index (χ1n) is 9.25. The Morgan fingerprint density at radius 2 is 1.87 bits per heavy atom. The molecule has 30 heavy (non-hydrogen) atoms. The van der Waals surface area contributed by atoms with E-state index in [1.165, 1.54) is 18.2 Å². The van der Waals surface area contributed by atoms with Crippen LogP contribution in [0.5, 0.6) is 0 Å². The topological polar surface area (TPSA) is 110 Å². The Hall–Kier alpha value is -3.52. The molecule has 0 fully saturated rings. The maximum Gasteiger partial charge on any atom is 0.287 e. The lowest BCUT2D eigenvalue weighted by atomic mass is 9.97. The lowest BCUT2D eigenvalue weighted by Crippen LogP contribution is -2.20. The summed E-state index contributed by atoms with van der Waals surface area (Å²) in [5.41, 5.74) is 7.32. The van der Waals surface area contributed by atoms with Crippen LogP contribution in [0, 0.1) is 12.7 Å². The molecule has 0 atom stereocenters. The molecule has 4 N–H and O–H groups in total. The van der Waals surface area contributed by atoms with Gasteiger partial charge in [-0.2, -0.15) is 5.10 Å². The zero-order valence-corrected chi connectivity index (χ0v) is 17.2. The third-order valence-corrected chi connectivity index (χ3v) is 5.11. The number of halogens is 1. The monoisotopic (exact) mass is 410 g/mol. The summed E-state index contributed by atoms with van der Waals surface area (Å²) in [4.78, 5) is 24.2. The highest BCUT2D eigenvalue weighted by Gasteiger charge is 2.20. The van der Waals surface area contributed by atoms with Crippen molar-refractivity contribution in [2.45, 2.75) is 26.4 Å². The molecule has 0 aliphatic heterocycles. The van der Waals surface area contributed by atoms with Crippen LogP contribution < -0.4 is 16.6 Å². The molecule has 0 radical (unpaired) electrons. The number of hydrogen-bond donors (Lipinski definition) is 3. The number of nitrogens with two attached hydrogens (primary N) is 1. The van der Waals surface area contributed by atoms with Crippen LogP contribution in [0.25, 0.3) is 11.3 Å². The summed E-state index contributed by atoms with van der Waals surface area (Å²) in [6.07, 6.45) is 0. The first kappa shape index (κ1) is 21.2. The number of nitrogens with one attached hydrogen (secondary N) is 2. The van der Waals surface area contributed by atoms with E-state index in [-0.39, 0.29) is 11.4 Å². The Bertz CT molecular complexity index is 1150. The number of carbonyl (C=O) groups excluding carboxylic acids is 1. The Kier molecular flexibility index (Phi) is 5.71. The Morgan fingerprint density at radius 3 is 2.47 bits per heavy atom. The Morgan fingerprint density at radius 1 is 1.20 bits per heavy atom. The average Bonchev–Trinajstić information content (AvgIpc) is 2.73. The van der Waals surface area contributed by atoms with E-state index >= 15 is 0 Å². The summed E-state index contributed by atoms with van der Waals surface area (Å²) in [6.45, 7) is 5.50. The standard InChI is InChI=1S/C22H23FN4O3/c1-12-15(18-11-17(24)21(29)27-26-18)9-10-16(23)19(12)25-20(28)13-5-7-14(8-6-13)22(2,3)30-4/h5-11H,1-4H3,(H2,24,26)(H,25,28)(H,27,29). The molecule has 1 amide bonds. The van der Waals surface area contributed by atoms with E-state index in [0.29, 0.717) is 22.4 Å². The number of anilines is 2. The van der Waals surface area contributed by atoms with Crippen molar-refractivity contribution in [2.75, 3.05) is 18.2 Å². The molecule has 0 aliphatic rings. The highest BCUT2D eigenvalue weighted by molar-refractivity contribution is 6.05. The predicted molar refractivity (Wildman–Crippen MR) is 114 cm³/mol. The number of hydrogen-bond acceptors (Lipinski definition) is 5. The minimum absolute atomic E-state index is 0.00613. The molecule has 1 aromatic heterocycles. The molecule has 0 saturated carbocycles. The van der Waals surface area contributed by atoms with E-state index in [1.807, 2.05) is 13.8 Å². The van der Waals surface area contributed by atoms with E-state index in [4.69, 9.17) is 10.5 Å². The average molecular weight is 410 g/mol. The van der Waals surface area contributed by atoms with Gasteiger partial charge >= 0.3 is 0 Å². The number of H-pyrrole nitrogens is 1. The second kappa shape index (κ2) is 8.08.